The lowest BCUT2D eigenvalue weighted by Gasteiger charge is -2.34. The number of carbonyl (C=O) groups excluding carboxylic acids is 1. The third-order valence-electron chi connectivity index (χ3n) is 4.06. The minimum absolute atomic E-state index is 0.0791. The Morgan fingerprint density at radius 1 is 1.15 bits per heavy atom. The van der Waals surface area contributed by atoms with Crippen LogP contribution in [0.2, 0.25) is 0 Å². The van der Waals surface area contributed by atoms with Gasteiger partial charge >= 0.3 is 0 Å². The average molecular weight is 395 g/mol. The summed E-state index contributed by atoms with van der Waals surface area (Å²) in [4.78, 5) is 21.1. The van der Waals surface area contributed by atoms with Gasteiger partial charge in [-0.15, -0.1) is 11.3 Å². The van der Waals surface area contributed by atoms with Crippen LogP contribution in [0.3, 0.4) is 0 Å². The Bertz CT molecular complexity index is 841. The highest BCUT2D eigenvalue weighted by Crippen LogP contribution is 2.20. The Labute approximate surface area is 157 Å². The van der Waals surface area contributed by atoms with E-state index in [-0.39, 0.29) is 16.8 Å². The van der Waals surface area contributed by atoms with Gasteiger partial charge in [0.15, 0.2) is 5.13 Å². The molecule has 3 rings (SSSR count). The molecule has 0 radical (unpaired) electrons. The number of anilines is 1. The van der Waals surface area contributed by atoms with Crippen LogP contribution in [0.5, 0.6) is 0 Å². The number of sulfonamides is 1. The van der Waals surface area contributed by atoms with Gasteiger partial charge in [0.1, 0.15) is 0 Å². The lowest BCUT2D eigenvalue weighted by atomic mass is 10.2. The monoisotopic (exact) mass is 394 g/mol. The van der Waals surface area contributed by atoms with E-state index in [1.54, 1.807) is 48.4 Å². The number of amides is 1. The molecule has 2 aromatic rings. The molecule has 0 aliphatic carbocycles. The summed E-state index contributed by atoms with van der Waals surface area (Å²) in [6.45, 7) is 6.25. The Morgan fingerprint density at radius 2 is 1.81 bits per heavy atom. The van der Waals surface area contributed by atoms with Gasteiger partial charge in [-0.2, -0.15) is 0 Å². The molecule has 0 bridgehead atoms. The fourth-order valence-electron chi connectivity index (χ4n) is 2.81. The predicted molar refractivity (Wildman–Crippen MR) is 102 cm³/mol. The second-order valence-electron chi connectivity index (χ2n) is 6.39. The smallest absolute Gasteiger partial charge is 0.253 e. The van der Waals surface area contributed by atoms with E-state index in [0.717, 1.165) is 18.2 Å². The van der Waals surface area contributed by atoms with Gasteiger partial charge in [-0.3, -0.25) is 4.79 Å². The Kier molecular flexibility index (Phi) is 5.59. The van der Waals surface area contributed by atoms with Crippen LogP contribution in [0.1, 0.15) is 24.2 Å². The van der Waals surface area contributed by atoms with Gasteiger partial charge in [0, 0.05) is 49.4 Å². The summed E-state index contributed by atoms with van der Waals surface area (Å²) in [6.07, 6.45) is 1.78. The third kappa shape index (κ3) is 4.22. The summed E-state index contributed by atoms with van der Waals surface area (Å²) < 4.78 is 26.8. The van der Waals surface area contributed by atoms with Crippen molar-refractivity contribution in [3.63, 3.8) is 0 Å². The number of hydrogen-bond acceptors (Lipinski definition) is 6. The van der Waals surface area contributed by atoms with E-state index in [0.29, 0.717) is 18.7 Å². The molecule has 1 aliphatic rings. The van der Waals surface area contributed by atoms with Gasteiger partial charge in [-0.05, 0) is 38.1 Å². The van der Waals surface area contributed by atoms with Gasteiger partial charge in [0.05, 0.1) is 4.90 Å². The van der Waals surface area contributed by atoms with Crippen LogP contribution in [0, 0.1) is 0 Å². The number of rotatable bonds is 5. The van der Waals surface area contributed by atoms with Gasteiger partial charge in [0.25, 0.3) is 5.91 Å². The van der Waals surface area contributed by atoms with E-state index in [2.05, 4.69) is 14.6 Å². The molecule has 0 saturated carbocycles. The standard InChI is InChI=1S/C17H22N4O3S2/c1-13(2)19-26(23,24)15-5-3-14(4-6-15)16(22)20-8-10-21(11-9-20)17-18-7-12-25-17/h3-7,12-13,19H,8-11H2,1-2H3. The molecule has 1 aromatic carbocycles. The second kappa shape index (κ2) is 7.73. The maximum atomic E-state index is 12.7. The number of hydrogen-bond donors (Lipinski definition) is 1. The van der Waals surface area contributed by atoms with Crippen LogP contribution in [0.4, 0.5) is 5.13 Å². The van der Waals surface area contributed by atoms with Crippen molar-refractivity contribution < 1.29 is 13.2 Å². The lowest BCUT2D eigenvalue weighted by Crippen LogP contribution is -2.48. The summed E-state index contributed by atoms with van der Waals surface area (Å²) in [5, 5.41) is 2.92. The molecule has 1 N–H and O–H groups in total. The fraction of sp³-hybridized carbons (Fsp3) is 0.412. The molecular weight excluding hydrogens is 372 g/mol. The number of carbonyl (C=O) groups is 1. The Morgan fingerprint density at radius 3 is 2.35 bits per heavy atom. The van der Waals surface area contributed by atoms with Crippen molar-refractivity contribution in [1.29, 1.82) is 0 Å². The Hall–Kier alpha value is -1.97. The molecule has 1 fully saturated rings. The SMILES string of the molecule is CC(C)NS(=O)(=O)c1ccc(C(=O)N2CCN(c3nccs3)CC2)cc1. The number of nitrogens with one attached hydrogen (secondary N) is 1. The molecule has 1 amide bonds. The maximum Gasteiger partial charge on any atom is 0.253 e. The summed E-state index contributed by atoms with van der Waals surface area (Å²) in [5.74, 6) is -0.0791. The highest BCUT2D eigenvalue weighted by atomic mass is 32.2. The Balaban J connectivity index is 1.64. The largest absolute Gasteiger partial charge is 0.345 e. The molecule has 2 heterocycles. The van der Waals surface area contributed by atoms with Crippen molar-refractivity contribution >= 4 is 32.4 Å². The first-order valence-electron chi connectivity index (χ1n) is 8.43. The van der Waals surface area contributed by atoms with Gasteiger partial charge in [-0.25, -0.2) is 18.1 Å². The van der Waals surface area contributed by atoms with E-state index in [1.165, 1.54) is 12.1 Å². The molecule has 1 saturated heterocycles. The van der Waals surface area contributed by atoms with Crippen LogP contribution in [0.25, 0.3) is 0 Å². The van der Waals surface area contributed by atoms with Crippen molar-refractivity contribution in [2.24, 2.45) is 0 Å². The van der Waals surface area contributed by atoms with E-state index >= 15 is 0 Å². The molecular formula is C17H22N4O3S2. The van der Waals surface area contributed by atoms with E-state index in [1.807, 2.05) is 5.38 Å². The minimum atomic E-state index is -3.55. The summed E-state index contributed by atoms with van der Waals surface area (Å²) >= 11 is 1.59. The van der Waals surface area contributed by atoms with Crippen LogP contribution in [-0.4, -0.2) is 56.4 Å². The number of thiazole rings is 1. The third-order valence-corrected chi connectivity index (χ3v) is 6.57. The van der Waals surface area contributed by atoms with Crippen molar-refractivity contribution in [2.45, 2.75) is 24.8 Å². The quantitative estimate of drug-likeness (QED) is 0.836. The second-order valence-corrected chi connectivity index (χ2v) is 8.98. The van der Waals surface area contributed by atoms with Crippen LogP contribution < -0.4 is 9.62 Å². The van der Waals surface area contributed by atoms with Gasteiger partial charge < -0.3 is 9.80 Å². The summed E-state index contributed by atoms with van der Waals surface area (Å²) in [6, 6.07) is 5.91. The summed E-state index contributed by atoms with van der Waals surface area (Å²) in [5.41, 5.74) is 0.496. The lowest BCUT2D eigenvalue weighted by molar-refractivity contribution is 0.0746. The number of aromatic nitrogens is 1. The highest BCUT2D eigenvalue weighted by Gasteiger charge is 2.24. The van der Waals surface area contributed by atoms with E-state index < -0.39 is 10.0 Å². The van der Waals surface area contributed by atoms with E-state index in [4.69, 9.17) is 0 Å². The molecule has 0 spiro atoms. The zero-order chi connectivity index (χ0) is 18.7. The molecule has 0 unspecified atom stereocenters. The number of benzene rings is 1. The molecule has 26 heavy (non-hydrogen) atoms. The van der Waals surface area contributed by atoms with Crippen molar-refractivity contribution in [3.8, 4) is 0 Å². The number of piperazine rings is 1. The molecule has 7 nitrogen and oxygen atoms in total. The first-order chi connectivity index (χ1) is 12.4. The average Bonchev–Trinajstić information content (AvgIpc) is 3.15. The van der Waals surface area contributed by atoms with Crippen molar-refractivity contribution in [2.75, 3.05) is 31.1 Å². The molecule has 9 heteroatoms. The normalized spacial score (nSPS) is 15.5. The first kappa shape index (κ1) is 18.8. The van der Waals surface area contributed by atoms with Gasteiger partial charge in [-0.1, -0.05) is 0 Å². The van der Waals surface area contributed by atoms with Gasteiger partial charge in [0.2, 0.25) is 10.0 Å². The minimum Gasteiger partial charge on any atom is -0.345 e. The first-order valence-corrected chi connectivity index (χ1v) is 10.8. The van der Waals surface area contributed by atoms with Crippen LogP contribution in [-0.2, 0) is 10.0 Å². The van der Waals surface area contributed by atoms with E-state index in [9.17, 15) is 13.2 Å². The molecule has 140 valence electrons. The van der Waals surface area contributed by atoms with Crippen molar-refractivity contribution in [1.82, 2.24) is 14.6 Å². The zero-order valence-electron chi connectivity index (χ0n) is 14.8. The fourth-order valence-corrected chi connectivity index (χ4v) is 4.76. The van der Waals surface area contributed by atoms with Crippen molar-refractivity contribution in [3.05, 3.63) is 41.4 Å². The predicted octanol–water partition coefficient (Wildman–Crippen LogP) is 1.79. The molecule has 1 aromatic heterocycles. The number of nitrogens with zero attached hydrogens (tertiary/aromatic N) is 3. The van der Waals surface area contributed by atoms with Crippen LogP contribution >= 0.6 is 11.3 Å². The maximum absolute atomic E-state index is 12.7. The topological polar surface area (TPSA) is 82.6 Å². The zero-order valence-corrected chi connectivity index (χ0v) is 16.4. The van der Waals surface area contributed by atoms with Crippen LogP contribution in [0.15, 0.2) is 40.7 Å². The molecule has 1 aliphatic heterocycles. The summed E-state index contributed by atoms with van der Waals surface area (Å²) in [7, 11) is -3.55. The molecule has 0 atom stereocenters. The highest BCUT2D eigenvalue weighted by molar-refractivity contribution is 7.89.